The fraction of sp³-hybridized carbons (Fsp3) is 0.357. The van der Waals surface area contributed by atoms with Crippen LogP contribution in [0.1, 0.15) is 35.6 Å². The summed E-state index contributed by atoms with van der Waals surface area (Å²) in [5, 5.41) is 13.3. The molecule has 2 aromatic rings. The van der Waals surface area contributed by atoms with Gasteiger partial charge in [-0.25, -0.2) is 0 Å². The van der Waals surface area contributed by atoms with Crippen molar-refractivity contribution in [3.63, 3.8) is 0 Å². The van der Waals surface area contributed by atoms with Crippen LogP contribution in [-0.2, 0) is 6.61 Å². The van der Waals surface area contributed by atoms with Gasteiger partial charge in [-0.05, 0) is 38.5 Å². The van der Waals surface area contributed by atoms with E-state index in [0.717, 1.165) is 28.3 Å². The quantitative estimate of drug-likeness (QED) is 0.902. The van der Waals surface area contributed by atoms with E-state index in [4.69, 9.17) is 9.26 Å². The zero-order chi connectivity index (χ0) is 13.1. The van der Waals surface area contributed by atoms with Crippen LogP contribution >= 0.6 is 0 Å². The molecule has 2 rings (SSSR count). The maximum Gasteiger partial charge on any atom is 0.140 e. The summed E-state index contributed by atoms with van der Waals surface area (Å²) in [7, 11) is 0. The third-order valence-corrected chi connectivity index (χ3v) is 2.93. The summed E-state index contributed by atoms with van der Waals surface area (Å²) in [5.41, 5.74) is 2.71. The van der Waals surface area contributed by atoms with Gasteiger partial charge in [0.2, 0.25) is 0 Å². The van der Waals surface area contributed by atoms with Crippen LogP contribution < -0.4 is 4.74 Å². The second-order valence-corrected chi connectivity index (χ2v) is 4.34. The van der Waals surface area contributed by atoms with Crippen LogP contribution in [0, 0.1) is 13.8 Å². The number of nitrogens with zero attached hydrogens (tertiary/aromatic N) is 1. The fourth-order valence-electron chi connectivity index (χ4n) is 1.71. The first-order chi connectivity index (χ1) is 8.58. The molecule has 1 N–H and O–H groups in total. The Balaban J connectivity index is 2.02. The van der Waals surface area contributed by atoms with Gasteiger partial charge < -0.3 is 14.4 Å². The largest absolute Gasteiger partial charge is 0.489 e. The van der Waals surface area contributed by atoms with Crippen molar-refractivity contribution in [3.8, 4) is 5.75 Å². The summed E-state index contributed by atoms with van der Waals surface area (Å²) in [6.07, 6.45) is -0.457. The monoisotopic (exact) mass is 247 g/mol. The normalized spacial score (nSPS) is 12.4. The number of benzene rings is 1. The van der Waals surface area contributed by atoms with Crippen molar-refractivity contribution in [2.45, 2.75) is 33.5 Å². The van der Waals surface area contributed by atoms with Gasteiger partial charge in [-0.3, -0.25) is 0 Å². The van der Waals surface area contributed by atoms with Crippen molar-refractivity contribution in [1.82, 2.24) is 5.16 Å². The minimum absolute atomic E-state index is 0.440. The second-order valence-electron chi connectivity index (χ2n) is 4.34. The van der Waals surface area contributed by atoms with Crippen molar-refractivity contribution in [3.05, 3.63) is 46.8 Å². The summed E-state index contributed by atoms with van der Waals surface area (Å²) in [6, 6.07) is 7.40. The van der Waals surface area contributed by atoms with Crippen molar-refractivity contribution in [1.29, 1.82) is 0 Å². The molecule has 0 aliphatic rings. The molecule has 1 heterocycles. The molecule has 0 unspecified atom stereocenters. The summed E-state index contributed by atoms with van der Waals surface area (Å²) < 4.78 is 10.7. The Morgan fingerprint density at radius 2 is 1.94 bits per heavy atom. The molecule has 0 spiro atoms. The molecule has 0 aliphatic heterocycles. The SMILES string of the molecule is Cc1noc(C)c1COc1ccc([C@@H](C)O)cc1. The Morgan fingerprint density at radius 1 is 1.28 bits per heavy atom. The number of aliphatic hydroxyl groups excluding tert-OH is 1. The van der Waals surface area contributed by atoms with Crippen LogP contribution in [0.25, 0.3) is 0 Å². The van der Waals surface area contributed by atoms with Gasteiger partial charge >= 0.3 is 0 Å². The lowest BCUT2D eigenvalue weighted by Gasteiger charge is -2.08. The maximum atomic E-state index is 9.41. The summed E-state index contributed by atoms with van der Waals surface area (Å²) >= 11 is 0. The van der Waals surface area contributed by atoms with E-state index < -0.39 is 6.10 Å². The van der Waals surface area contributed by atoms with E-state index >= 15 is 0 Å². The number of aromatic nitrogens is 1. The zero-order valence-electron chi connectivity index (χ0n) is 10.8. The van der Waals surface area contributed by atoms with Crippen molar-refractivity contribution in [2.24, 2.45) is 0 Å². The smallest absolute Gasteiger partial charge is 0.140 e. The van der Waals surface area contributed by atoms with Gasteiger partial charge in [0.15, 0.2) is 0 Å². The Labute approximate surface area is 106 Å². The highest BCUT2D eigenvalue weighted by atomic mass is 16.5. The third kappa shape index (κ3) is 2.71. The predicted octanol–water partition coefficient (Wildman–Crippen LogP) is 2.92. The lowest BCUT2D eigenvalue weighted by Crippen LogP contribution is -1.98. The van der Waals surface area contributed by atoms with Crippen LogP contribution in [0.4, 0.5) is 0 Å². The van der Waals surface area contributed by atoms with E-state index in [1.54, 1.807) is 6.92 Å². The molecule has 0 bridgehead atoms. The molecule has 0 amide bonds. The Hall–Kier alpha value is -1.81. The van der Waals surface area contributed by atoms with Crippen molar-refractivity contribution >= 4 is 0 Å². The number of rotatable bonds is 4. The van der Waals surface area contributed by atoms with E-state index in [1.807, 2.05) is 38.1 Å². The van der Waals surface area contributed by atoms with Gasteiger partial charge in [-0.1, -0.05) is 17.3 Å². The molecule has 18 heavy (non-hydrogen) atoms. The predicted molar refractivity (Wildman–Crippen MR) is 67.4 cm³/mol. The van der Waals surface area contributed by atoms with Crippen LogP contribution in [0.3, 0.4) is 0 Å². The lowest BCUT2D eigenvalue weighted by molar-refractivity contribution is 0.199. The molecule has 0 saturated heterocycles. The highest BCUT2D eigenvalue weighted by Crippen LogP contribution is 2.20. The van der Waals surface area contributed by atoms with Gasteiger partial charge in [-0.15, -0.1) is 0 Å². The molecule has 0 fully saturated rings. The van der Waals surface area contributed by atoms with Crippen LogP contribution in [0.2, 0.25) is 0 Å². The maximum absolute atomic E-state index is 9.41. The number of aliphatic hydroxyl groups is 1. The Morgan fingerprint density at radius 3 is 2.44 bits per heavy atom. The number of aryl methyl sites for hydroxylation is 2. The summed E-state index contributed by atoms with van der Waals surface area (Å²) in [5.74, 6) is 1.55. The molecule has 4 heteroatoms. The molecule has 0 saturated carbocycles. The average Bonchev–Trinajstić information content (AvgIpc) is 2.67. The van der Waals surface area contributed by atoms with Gasteiger partial charge in [-0.2, -0.15) is 0 Å². The van der Waals surface area contributed by atoms with Gasteiger partial charge in [0.1, 0.15) is 18.1 Å². The molecular weight excluding hydrogens is 230 g/mol. The number of ether oxygens (including phenoxy) is 1. The first-order valence-electron chi connectivity index (χ1n) is 5.90. The minimum atomic E-state index is -0.457. The first kappa shape index (κ1) is 12.6. The van der Waals surface area contributed by atoms with E-state index in [0.29, 0.717) is 6.61 Å². The van der Waals surface area contributed by atoms with Crippen molar-refractivity contribution < 1.29 is 14.4 Å². The fourth-order valence-corrected chi connectivity index (χ4v) is 1.71. The Bertz CT molecular complexity index is 495. The first-order valence-corrected chi connectivity index (χ1v) is 5.90. The molecule has 0 radical (unpaired) electrons. The number of hydrogen-bond acceptors (Lipinski definition) is 4. The number of hydrogen-bond donors (Lipinski definition) is 1. The summed E-state index contributed by atoms with van der Waals surface area (Å²) in [4.78, 5) is 0. The third-order valence-electron chi connectivity index (χ3n) is 2.93. The van der Waals surface area contributed by atoms with Gasteiger partial charge in [0.25, 0.3) is 0 Å². The Kier molecular flexibility index (Phi) is 3.67. The van der Waals surface area contributed by atoms with Crippen LogP contribution in [0.5, 0.6) is 5.75 Å². The van der Waals surface area contributed by atoms with E-state index in [9.17, 15) is 5.11 Å². The highest BCUT2D eigenvalue weighted by Gasteiger charge is 2.09. The highest BCUT2D eigenvalue weighted by molar-refractivity contribution is 5.29. The van der Waals surface area contributed by atoms with Crippen LogP contribution in [-0.4, -0.2) is 10.3 Å². The van der Waals surface area contributed by atoms with Crippen LogP contribution in [0.15, 0.2) is 28.8 Å². The molecule has 0 aliphatic carbocycles. The molecule has 4 nitrogen and oxygen atoms in total. The average molecular weight is 247 g/mol. The van der Waals surface area contributed by atoms with Gasteiger partial charge in [0, 0.05) is 0 Å². The molecule has 1 aromatic heterocycles. The molecule has 1 aromatic carbocycles. The topological polar surface area (TPSA) is 55.5 Å². The van der Waals surface area contributed by atoms with E-state index in [1.165, 1.54) is 0 Å². The summed E-state index contributed by atoms with van der Waals surface area (Å²) in [6.45, 7) is 5.94. The zero-order valence-corrected chi connectivity index (χ0v) is 10.8. The van der Waals surface area contributed by atoms with E-state index in [-0.39, 0.29) is 0 Å². The van der Waals surface area contributed by atoms with Crippen molar-refractivity contribution in [2.75, 3.05) is 0 Å². The van der Waals surface area contributed by atoms with Gasteiger partial charge in [0.05, 0.1) is 17.4 Å². The molecular formula is C14H17NO3. The van der Waals surface area contributed by atoms with E-state index in [2.05, 4.69) is 5.16 Å². The standard InChI is InChI=1S/C14H17NO3/c1-9-14(11(3)18-15-9)8-17-13-6-4-12(5-7-13)10(2)16/h4-7,10,16H,8H2,1-3H3/t10-/m1/s1. The molecule has 96 valence electrons. The molecule has 1 atom stereocenters. The second kappa shape index (κ2) is 5.23. The minimum Gasteiger partial charge on any atom is -0.489 e. The lowest BCUT2D eigenvalue weighted by atomic mass is 10.1.